The van der Waals surface area contributed by atoms with E-state index in [1.807, 2.05) is 6.92 Å². The number of nitrogens with one attached hydrogen (secondary N) is 1. The number of aryl methyl sites for hydroxylation is 1. The second-order valence-corrected chi connectivity index (χ2v) is 4.07. The first-order valence-electron chi connectivity index (χ1n) is 5.04. The van der Waals surface area contributed by atoms with Crippen molar-refractivity contribution >= 4 is 17.5 Å². The van der Waals surface area contributed by atoms with Crippen LogP contribution in [0.4, 0.5) is 0 Å². The van der Waals surface area contributed by atoms with Crippen molar-refractivity contribution in [1.29, 1.82) is 0 Å². The quantitative estimate of drug-likeness (QED) is 0.779. The lowest BCUT2D eigenvalue weighted by Gasteiger charge is -2.06. The summed E-state index contributed by atoms with van der Waals surface area (Å²) < 4.78 is 1.60. The molecule has 0 aliphatic carbocycles. The van der Waals surface area contributed by atoms with Crippen molar-refractivity contribution in [2.24, 2.45) is 7.05 Å². The third-order valence-electron chi connectivity index (χ3n) is 2.15. The van der Waals surface area contributed by atoms with E-state index in [0.717, 1.165) is 12.8 Å². The minimum absolute atomic E-state index is 0.0944. The van der Waals surface area contributed by atoms with Crippen LogP contribution in [0.3, 0.4) is 0 Å². The summed E-state index contributed by atoms with van der Waals surface area (Å²) >= 11 is 5.93. The Bertz CT molecular complexity index is 324. The second-order valence-electron chi connectivity index (χ2n) is 3.45. The third-order valence-corrected chi connectivity index (χ3v) is 2.68. The maximum Gasteiger partial charge on any atom is 0.254 e. The Hall–Kier alpha value is -1.03. The molecule has 0 aliphatic heterocycles. The van der Waals surface area contributed by atoms with Crippen molar-refractivity contribution < 1.29 is 4.79 Å². The van der Waals surface area contributed by atoms with E-state index in [9.17, 15) is 4.79 Å². The van der Waals surface area contributed by atoms with Crippen LogP contribution in [0.15, 0.2) is 12.4 Å². The minimum atomic E-state index is -0.0944. The highest BCUT2D eigenvalue weighted by atomic mass is 35.5. The first-order valence-corrected chi connectivity index (χ1v) is 5.48. The average molecular weight is 230 g/mol. The molecular weight excluding hydrogens is 214 g/mol. The summed E-state index contributed by atoms with van der Waals surface area (Å²) in [5.74, 6) is -0.0944. The van der Waals surface area contributed by atoms with Gasteiger partial charge in [0.05, 0.1) is 11.8 Å². The Labute approximate surface area is 94.6 Å². The van der Waals surface area contributed by atoms with Crippen LogP contribution in [0.25, 0.3) is 0 Å². The van der Waals surface area contributed by atoms with Crippen molar-refractivity contribution in [2.75, 3.05) is 6.54 Å². The van der Waals surface area contributed by atoms with Crippen LogP contribution in [0.1, 0.15) is 30.1 Å². The maximum absolute atomic E-state index is 11.5. The molecular formula is C10H16ClN3O. The van der Waals surface area contributed by atoms with Crippen molar-refractivity contribution in [3.63, 3.8) is 0 Å². The number of hydrogen-bond acceptors (Lipinski definition) is 2. The lowest BCUT2D eigenvalue weighted by molar-refractivity contribution is 0.0953. The highest BCUT2D eigenvalue weighted by Crippen LogP contribution is 2.05. The van der Waals surface area contributed by atoms with Crippen molar-refractivity contribution in [2.45, 2.75) is 25.1 Å². The SMILES string of the molecule is CCC(Cl)CCNC(=O)c1cnn(C)c1. The Balaban J connectivity index is 2.31. The summed E-state index contributed by atoms with van der Waals surface area (Å²) in [7, 11) is 1.78. The molecule has 0 bridgehead atoms. The highest BCUT2D eigenvalue weighted by molar-refractivity contribution is 6.20. The number of alkyl halides is 1. The Morgan fingerprint density at radius 2 is 2.47 bits per heavy atom. The molecule has 1 N–H and O–H groups in total. The number of aromatic nitrogens is 2. The van der Waals surface area contributed by atoms with Gasteiger partial charge in [0.2, 0.25) is 0 Å². The zero-order valence-electron chi connectivity index (χ0n) is 9.03. The molecule has 1 aromatic rings. The van der Waals surface area contributed by atoms with Gasteiger partial charge in [-0.25, -0.2) is 0 Å². The van der Waals surface area contributed by atoms with E-state index in [1.54, 1.807) is 24.1 Å². The fraction of sp³-hybridized carbons (Fsp3) is 0.600. The fourth-order valence-corrected chi connectivity index (χ4v) is 1.30. The lowest BCUT2D eigenvalue weighted by Crippen LogP contribution is -2.25. The van der Waals surface area contributed by atoms with Gasteiger partial charge in [0, 0.05) is 25.2 Å². The first-order chi connectivity index (χ1) is 7.13. The molecule has 1 heterocycles. The average Bonchev–Trinajstić information content (AvgIpc) is 2.64. The summed E-state index contributed by atoms with van der Waals surface area (Å²) in [6.45, 7) is 2.64. The Kier molecular flexibility index (Phi) is 4.62. The van der Waals surface area contributed by atoms with Crippen LogP contribution in [-0.4, -0.2) is 27.6 Å². The summed E-state index contributed by atoms with van der Waals surface area (Å²) in [5, 5.41) is 6.87. The molecule has 15 heavy (non-hydrogen) atoms. The van der Waals surface area contributed by atoms with Crippen molar-refractivity contribution in [1.82, 2.24) is 15.1 Å². The maximum atomic E-state index is 11.5. The van der Waals surface area contributed by atoms with E-state index in [4.69, 9.17) is 11.6 Å². The van der Waals surface area contributed by atoms with E-state index in [1.165, 1.54) is 0 Å². The minimum Gasteiger partial charge on any atom is -0.352 e. The molecule has 1 aromatic heterocycles. The van der Waals surface area contributed by atoms with Crippen molar-refractivity contribution in [3.8, 4) is 0 Å². The van der Waals surface area contributed by atoms with Gasteiger partial charge in [-0.1, -0.05) is 6.92 Å². The van der Waals surface area contributed by atoms with Crippen molar-refractivity contribution in [3.05, 3.63) is 18.0 Å². The topological polar surface area (TPSA) is 46.9 Å². The highest BCUT2D eigenvalue weighted by Gasteiger charge is 2.07. The van der Waals surface area contributed by atoms with Crippen LogP contribution < -0.4 is 5.32 Å². The van der Waals surface area contributed by atoms with E-state index in [2.05, 4.69) is 10.4 Å². The number of carbonyl (C=O) groups excluding carboxylic acids is 1. The number of amides is 1. The van der Waals surface area contributed by atoms with Gasteiger partial charge >= 0.3 is 0 Å². The summed E-state index contributed by atoms with van der Waals surface area (Å²) in [5.41, 5.74) is 0.583. The van der Waals surface area contributed by atoms with E-state index in [-0.39, 0.29) is 11.3 Å². The van der Waals surface area contributed by atoms with Crippen LogP contribution >= 0.6 is 11.6 Å². The lowest BCUT2D eigenvalue weighted by atomic mass is 10.2. The molecule has 0 saturated heterocycles. The molecule has 1 rings (SSSR count). The molecule has 0 aliphatic rings. The first kappa shape index (κ1) is 12.0. The van der Waals surface area contributed by atoms with Gasteiger partial charge in [-0.3, -0.25) is 9.48 Å². The Morgan fingerprint density at radius 3 is 3.00 bits per heavy atom. The Morgan fingerprint density at radius 1 is 1.73 bits per heavy atom. The van der Waals surface area contributed by atoms with E-state index in [0.29, 0.717) is 12.1 Å². The third kappa shape index (κ3) is 3.91. The summed E-state index contributed by atoms with van der Waals surface area (Å²) in [6.07, 6.45) is 4.95. The van der Waals surface area contributed by atoms with E-state index >= 15 is 0 Å². The molecule has 1 atom stereocenters. The molecule has 1 amide bonds. The second kappa shape index (κ2) is 5.75. The molecule has 4 nitrogen and oxygen atoms in total. The van der Waals surface area contributed by atoms with E-state index < -0.39 is 0 Å². The number of carbonyl (C=O) groups is 1. The number of rotatable bonds is 5. The van der Waals surface area contributed by atoms with Crippen LogP contribution in [0, 0.1) is 0 Å². The van der Waals surface area contributed by atoms with Crippen LogP contribution in [0.5, 0.6) is 0 Å². The summed E-state index contributed by atoms with van der Waals surface area (Å²) in [4.78, 5) is 11.5. The molecule has 0 fully saturated rings. The fourth-order valence-electron chi connectivity index (χ4n) is 1.19. The molecule has 5 heteroatoms. The summed E-state index contributed by atoms with van der Waals surface area (Å²) in [6, 6.07) is 0. The normalized spacial score (nSPS) is 12.5. The van der Waals surface area contributed by atoms with Gasteiger partial charge in [-0.05, 0) is 12.8 Å². The molecule has 84 valence electrons. The van der Waals surface area contributed by atoms with Crippen LogP contribution in [-0.2, 0) is 7.05 Å². The molecule has 0 saturated carbocycles. The zero-order valence-corrected chi connectivity index (χ0v) is 9.79. The smallest absolute Gasteiger partial charge is 0.254 e. The van der Waals surface area contributed by atoms with Gasteiger partial charge in [0.25, 0.3) is 5.91 Å². The number of halogens is 1. The zero-order chi connectivity index (χ0) is 11.3. The molecule has 0 aromatic carbocycles. The number of hydrogen-bond donors (Lipinski definition) is 1. The van der Waals surface area contributed by atoms with Gasteiger partial charge in [-0.2, -0.15) is 5.10 Å². The van der Waals surface area contributed by atoms with Gasteiger partial charge in [-0.15, -0.1) is 11.6 Å². The molecule has 1 unspecified atom stereocenters. The predicted molar refractivity (Wildman–Crippen MR) is 60.1 cm³/mol. The standard InChI is InChI=1S/C10H16ClN3O/c1-3-9(11)4-5-12-10(15)8-6-13-14(2)7-8/h6-7,9H,3-5H2,1-2H3,(H,12,15). The molecule has 0 radical (unpaired) electrons. The largest absolute Gasteiger partial charge is 0.352 e. The van der Waals surface area contributed by atoms with Gasteiger partial charge < -0.3 is 5.32 Å². The monoisotopic (exact) mass is 229 g/mol. The van der Waals surface area contributed by atoms with Gasteiger partial charge in [0.1, 0.15) is 0 Å². The van der Waals surface area contributed by atoms with Gasteiger partial charge in [0.15, 0.2) is 0 Å². The predicted octanol–water partition coefficient (Wildman–Crippen LogP) is 1.56. The number of nitrogens with zero attached hydrogens (tertiary/aromatic N) is 2. The van der Waals surface area contributed by atoms with Crippen LogP contribution in [0.2, 0.25) is 0 Å². The molecule has 0 spiro atoms.